The molecule has 0 radical (unpaired) electrons. The van der Waals surface area contributed by atoms with Gasteiger partial charge in [-0.15, -0.1) is 0 Å². The predicted octanol–water partition coefficient (Wildman–Crippen LogP) is 3.33. The summed E-state index contributed by atoms with van der Waals surface area (Å²) in [5, 5.41) is 0. The zero-order valence-corrected chi connectivity index (χ0v) is 8.97. The van der Waals surface area contributed by atoms with Crippen LogP contribution in [0.25, 0.3) is 0 Å². The van der Waals surface area contributed by atoms with Gasteiger partial charge in [0.25, 0.3) is 0 Å². The van der Waals surface area contributed by atoms with Crippen LogP contribution in [0, 0.1) is 5.92 Å². The first-order chi connectivity index (χ1) is 5.66. The molecular weight excluding hydrogens is 146 g/mol. The van der Waals surface area contributed by atoms with Gasteiger partial charge in [0.1, 0.15) is 0 Å². The van der Waals surface area contributed by atoms with Gasteiger partial charge in [-0.3, -0.25) is 0 Å². The number of hydrogen-bond donors (Lipinski definition) is 1. The number of rotatable bonds is 7. The van der Waals surface area contributed by atoms with Crippen molar-refractivity contribution < 1.29 is 0 Å². The largest absolute Gasteiger partial charge is 0.328 e. The normalized spacial score (nSPS) is 16.0. The van der Waals surface area contributed by atoms with Gasteiger partial charge >= 0.3 is 0 Å². The van der Waals surface area contributed by atoms with E-state index in [0.29, 0.717) is 6.04 Å². The Labute approximate surface area is 77.7 Å². The first-order valence-electron chi connectivity index (χ1n) is 5.42. The Morgan fingerprint density at radius 2 is 1.58 bits per heavy atom. The summed E-state index contributed by atoms with van der Waals surface area (Å²) >= 11 is 0. The summed E-state index contributed by atoms with van der Waals surface area (Å²) in [7, 11) is 0. The quantitative estimate of drug-likeness (QED) is 0.584. The SMILES string of the molecule is CCCC(C)CCCCC(C)N. The smallest absolute Gasteiger partial charge is 0.00104 e. The topological polar surface area (TPSA) is 26.0 Å². The third-order valence-electron chi connectivity index (χ3n) is 2.39. The lowest BCUT2D eigenvalue weighted by molar-refractivity contribution is 0.449. The van der Waals surface area contributed by atoms with Crippen LogP contribution in [0.1, 0.15) is 59.3 Å². The molecule has 0 aliphatic heterocycles. The van der Waals surface area contributed by atoms with Gasteiger partial charge < -0.3 is 5.73 Å². The molecule has 2 unspecified atom stereocenters. The molecule has 0 fully saturated rings. The molecule has 12 heavy (non-hydrogen) atoms. The average molecular weight is 171 g/mol. The van der Waals surface area contributed by atoms with Crippen LogP contribution in [-0.2, 0) is 0 Å². The fourth-order valence-corrected chi connectivity index (χ4v) is 1.60. The Morgan fingerprint density at radius 1 is 1.00 bits per heavy atom. The van der Waals surface area contributed by atoms with E-state index in [1.165, 1.54) is 38.5 Å². The Balaban J connectivity index is 3.08. The maximum absolute atomic E-state index is 5.67. The molecule has 1 heteroatoms. The molecular formula is C11H25N. The lowest BCUT2D eigenvalue weighted by Gasteiger charge is -2.09. The van der Waals surface area contributed by atoms with Gasteiger partial charge in [0.2, 0.25) is 0 Å². The van der Waals surface area contributed by atoms with E-state index in [0.717, 1.165) is 5.92 Å². The van der Waals surface area contributed by atoms with E-state index in [4.69, 9.17) is 5.73 Å². The van der Waals surface area contributed by atoms with E-state index in [9.17, 15) is 0 Å². The van der Waals surface area contributed by atoms with Gasteiger partial charge in [0.05, 0.1) is 0 Å². The van der Waals surface area contributed by atoms with Crippen LogP contribution in [0.2, 0.25) is 0 Å². The van der Waals surface area contributed by atoms with Crippen molar-refractivity contribution in [3.8, 4) is 0 Å². The molecule has 0 aromatic heterocycles. The minimum atomic E-state index is 0.395. The van der Waals surface area contributed by atoms with Gasteiger partial charge in [0, 0.05) is 6.04 Å². The van der Waals surface area contributed by atoms with E-state index in [1.54, 1.807) is 0 Å². The lowest BCUT2D eigenvalue weighted by Crippen LogP contribution is -2.14. The second-order valence-electron chi connectivity index (χ2n) is 4.16. The monoisotopic (exact) mass is 171 g/mol. The lowest BCUT2D eigenvalue weighted by atomic mass is 9.98. The fraction of sp³-hybridized carbons (Fsp3) is 1.00. The first-order valence-corrected chi connectivity index (χ1v) is 5.42. The maximum atomic E-state index is 5.67. The summed E-state index contributed by atoms with van der Waals surface area (Å²) < 4.78 is 0. The molecule has 0 saturated carbocycles. The van der Waals surface area contributed by atoms with Crippen molar-refractivity contribution in [1.82, 2.24) is 0 Å². The average Bonchev–Trinajstić information content (AvgIpc) is 1.98. The molecule has 74 valence electrons. The summed E-state index contributed by atoms with van der Waals surface area (Å²) in [4.78, 5) is 0. The Kier molecular flexibility index (Phi) is 7.58. The van der Waals surface area contributed by atoms with Crippen LogP contribution in [0.3, 0.4) is 0 Å². The summed E-state index contributed by atoms with van der Waals surface area (Å²) in [6, 6.07) is 0.395. The highest BCUT2D eigenvalue weighted by atomic mass is 14.6. The standard InChI is InChI=1S/C11H25N/c1-4-7-10(2)8-5-6-9-11(3)12/h10-11H,4-9,12H2,1-3H3. The summed E-state index contributed by atoms with van der Waals surface area (Å²) in [6.07, 6.45) is 7.97. The van der Waals surface area contributed by atoms with E-state index in [2.05, 4.69) is 20.8 Å². The highest BCUT2D eigenvalue weighted by molar-refractivity contribution is 4.56. The summed E-state index contributed by atoms with van der Waals surface area (Å²) in [5.74, 6) is 0.920. The first kappa shape index (κ1) is 12.0. The molecule has 0 saturated heterocycles. The van der Waals surface area contributed by atoms with Crippen LogP contribution in [0.4, 0.5) is 0 Å². The maximum Gasteiger partial charge on any atom is 0.00104 e. The zero-order valence-electron chi connectivity index (χ0n) is 8.97. The molecule has 0 amide bonds. The molecule has 2 N–H and O–H groups in total. The van der Waals surface area contributed by atoms with Gasteiger partial charge in [0.15, 0.2) is 0 Å². The molecule has 2 atom stereocenters. The molecule has 0 spiro atoms. The number of hydrogen-bond acceptors (Lipinski definition) is 1. The van der Waals surface area contributed by atoms with Crippen molar-refractivity contribution in [2.75, 3.05) is 0 Å². The van der Waals surface area contributed by atoms with Gasteiger partial charge in [-0.1, -0.05) is 46.0 Å². The van der Waals surface area contributed by atoms with E-state index in [1.807, 2.05) is 0 Å². The third-order valence-corrected chi connectivity index (χ3v) is 2.39. The van der Waals surface area contributed by atoms with Gasteiger partial charge in [-0.2, -0.15) is 0 Å². The zero-order chi connectivity index (χ0) is 9.40. The minimum absolute atomic E-state index is 0.395. The predicted molar refractivity (Wildman–Crippen MR) is 56.2 cm³/mol. The molecule has 1 nitrogen and oxygen atoms in total. The third kappa shape index (κ3) is 8.06. The van der Waals surface area contributed by atoms with Crippen LogP contribution in [-0.4, -0.2) is 6.04 Å². The van der Waals surface area contributed by atoms with Crippen LogP contribution >= 0.6 is 0 Å². The van der Waals surface area contributed by atoms with Crippen molar-refractivity contribution in [2.24, 2.45) is 11.7 Å². The van der Waals surface area contributed by atoms with Gasteiger partial charge in [-0.25, -0.2) is 0 Å². The van der Waals surface area contributed by atoms with Crippen LogP contribution in [0.15, 0.2) is 0 Å². The second-order valence-corrected chi connectivity index (χ2v) is 4.16. The van der Waals surface area contributed by atoms with E-state index in [-0.39, 0.29) is 0 Å². The Morgan fingerprint density at radius 3 is 2.08 bits per heavy atom. The van der Waals surface area contributed by atoms with Crippen molar-refractivity contribution in [3.05, 3.63) is 0 Å². The number of unbranched alkanes of at least 4 members (excludes halogenated alkanes) is 1. The van der Waals surface area contributed by atoms with Crippen molar-refractivity contribution in [3.63, 3.8) is 0 Å². The number of nitrogens with two attached hydrogens (primary N) is 1. The molecule has 0 aromatic rings. The van der Waals surface area contributed by atoms with Crippen molar-refractivity contribution >= 4 is 0 Å². The molecule has 0 aliphatic carbocycles. The Bertz CT molecular complexity index is 89.0. The molecule has 0 aliphatic rings. The van der Waals surface area contributed by atoms with Crippen molar-refractivity contribution in [2.45, 2.75) is 65.3 Å². The Hall–Kier alpha value is -0.0400. The van der Waals surface area contributed by atoms with E-state index >= 15 is 0 Å². The minimum Gasteiger partial charge on any atom is -0.328 e. The molecule has 0 bridgehead atoms. The fourth-order valence-electron chi connectivity index (χ4n) is 1.60. The van der Waals surface area contributed by atoms with Crippen LogP contribution < -0.4 is 5.73 Å². The molecule has 0 heterocycles. The highest BCUT2D eigenvalue weighted by Crippen LogP contribution is 2.14. The summed E-state index contributed by atoms with van der Waals surface area (Å²) in [5.41, 5.74) is 5.67. The molecule has 0 rings (SSSR count). The van der Waals surface area contributed by atoms with Gasteiger partial charge in [-0.05, 0) is 19.3 Å². The second kappa shape index (κ2) is 7.60. The van der Waals surface area contributed by atoms with Crippen molar-refractivity contribution in [1.29, 1.82) is 0 Å². The summed E-state index contributed by atoms with van der Waals surface area (Å²) in [6.45, 7) is 6.71. The molecule has 0 aromatic carbocycles. The van der Waals surface area contributed by atoms with E-state index < -0.39 is 0 Å². The highest BCUT2D eigenvalue weighted by Gasteiger charge is 2.00. The van der Waals surface area contributed by atoms with Crippen LogP contribution in [0.5, 0.6) is 0 Å².